The SMILES string of the molecule is C#CCCNCC(C)N1CCCCC1. The monoisotopic (exact) mass is 194 g/mol. The lowest BCUT2D eigenvalue weighted by molar-refractivity contribution is 0.171. The summed E-state index contributed by atoms with van der Waals surface area (Å²) >= 11 is 0. The topological polar surface area (TPSA) is 15.3 Å². The zero-order valence-electron chi connectivity index (χ0n) is 9.26. The van der Waals surface area contributed by atoms with Crippen molar-refractivity contribution < 1.29 is 0 Å². The smallest absolute Gasteiger partial charge is 0.0211 e. The average Bonchev–Trinajstić information content (AvgIpc) is 2.25. The molecule has 0 amide bonds. The Bertz CT molecular complexity index is 177. The van der Waals surface area contributed by atoms with Crippen molar-refractivity contribution in [1.29, 1.82) is 0 Å². The summed E-state index contributed by atoms with van der Waals surface area (Å²) in [5.41, 5.74) is 0. The molecule has 1 aliphatic heterocycles. The summed E-state index contributed by atoms with van der Waals surface area (Å²) in [5.74, 6) is 2.64. The molecule has 1 heterocycles. The van der Waals surface area contributed by atoms with Crippen LogP contribution in [0.4, 0.5) is 0 Å². The molecule has 1 fully saturated rings. The van der Waals surface area contributed by atoms with E-state index in [0.29, 0.717) is 6.04 Å². The molecular weight excluding hydrogens is 172 g/mol. The van der Waals surface area contributed by atoms with Crippen LogP contribution in [0.15, 0.2) is 0 Å². The van der Waals surface area contributed by atoms with Crippen molar-refractivity contribution in [2.45, 2.75) is 38.6 Å². The number of terminal acetylenes is 1. The molecule has 0 bridgehead atoms. The Kier molecular flexibility index (Phi) is 5.66. The van der Waals surface area contributed by atoms with Crippen LogP contribution in [0, 0.1) is 12.3 Å². The van der Waals surface area contributed by atoms with Crippen LogP contribution in [0.25, 0.3) is 0 Å². The molecule has 0 radical (unpaired) electrons. The summed E-state index contributed by atoms with van der Waals surface area (Å²) in [5, 5.41) is 3.40. The highest BCUT2D eigenvalue weighted by molar-refractivity contribution is 4.84. The van der Waals surface area contributed by atoms with Gasteiger partial charge in [0.1, 0.15) is 0 Å². The Hall–Kier alpha value is -0.520. The van der Waals surface area contributed by atoms with E-state index in [9.17, 15) is 0 Å². The summed E-state index contributed by atoms with van der Waals surface area (Å²) in [4.78, 5) is 2.58. The van der Waals surface area contributed by atoms with E-state index in [-0.39, 0.29) is 0 Å². The van der Waals surface area contributed by atoms with Crippen LogP contribution in [-0.2, 0) is 0 Å². The van der Waals surface area contributed by atoms with Crippen molar-refractivity contribution in [3.63, 3.8) is 0 Å². The molecule has 1 unspecified atom stereocenters. The van der Waals surface area contributed by atoms with Crippen molar-refractivity contribution in [2.24, 2.45) is 0 Å². The highest BCUT2D eigenvalue weighted by Crippen LogP contribution is 2.11. The van der Waals surface area contributed by atoms with E-state index >= 15 is 0 Å². The van der Waals surface area contributed by atoms with Crippen molar-refractivity contribution in [1.82, 2.24) is 10.2 Å². The predicted octanol–water partition coefficient (Wildman–Crippen LogP) is 1.47. The fourth-order valence-electron chi connectivity index (χ4n) is 1.96. The molecule has 0 aliphatic carbocycles. The van der Waals surface area contributed by atoms with E-state index in [1.807, 2.05) is 0 Å². The lowest BCUT2D eigenvalue weighted by atomic mass is 10.1. The number of nitrogens with one attached hydrogen (secondary N) is 1. The van der Waals surface area contributed by atoms with E-state index in [0.717, 1.165) is 19.5 Å². The minimum atomic E-state index is 0.660. The number of nitrogens with zero attached hydrogens (tertiary/aromatic N) is 1. The molecule has 14 heavy (non-hydrogen) atoms. The third kappa shape index (κ3) is 4.13. The van der Waals surface area contributed by atoms with Gasteiger partial charge in [0.15, 0.2) is 0 Å². The van der Waals surface area contributed by atoms with E-state index < -0.39 is 0 Å². The van der Waals surface area contributed by atoms with Gasteiger partial charge in [0.2, 0.25) is 0 Å². The summed E-state index contributed by atoms with van der Waals surface area (Å²) < 4.78 is 0. The first-order valence-electron chi connectivity index (χ1n) is 5.73. The van der Waals surface area contributed by atoms with Gasteiger partial charge in [0, 0.05) is 25.6 Å². The van der Waals surface area contributed by atoms with Gasteiger partial charge in [-0.05, 0) is 32.9 Å². The molecule has 0 aromatic carbocycles. The van der Waals surface area contributed by atoms with Crippen LogP contribution in [-0.4, -0.2) is 37.1 Å². The number of piperidine rings is 1. The maximum atomic E-state index is 5.19. The van der Waals surface area contributed by atoms with Gasteiger partial charge >= 0.3 is 0 Å². The van der Waals surface area contributed by atoms with E-state index in [2.05, 4.69) is 23.1 Å². The largest absolute Gasteiger partial charge is 0.314 e. The maximum absolute atomic E-state index is 5.19. The Morgan fingerprint density at radius 1 is 1.36 bits per heavy atom. The molecule has 0 aromatic rings. The summed E-state index contributed by atoms with van der Waals surface area (Å²) in [6.07, 6.45) is 10.2. The zero-order chi connectivity index (χ0) is 10.2. The van der Waals surface area contributed by atoms with E-state index in [1.54, 1.807) is 0 Å². The number of hydrogen-bond acceptors (Lipinski definition) is 2. The molecular formula is C12H22N2. The van der Waals surface area contributed by atoms with Crippen LogP contribution < -0.4 is 5.32 Å². The lowest BCUT2D eigenvalue weighted by Gasteiger charge is -2.32. The van der Waals surface area contributed by atoms with Gasteiger partial charge in [0.05, 0.1) is 0 Å². The molecule has 1 aliphatic rings. The summed E-state index contributed by atoms with van der Waals surface area (Å²) in [6, 6.07) is 0.660. The second kappa shape index (κ2) is 6.86. The molecule has 0 spiro atoms. The van der Waals surface area contributed by atoms with Crippen molar-refractivity contribution in [3.8, 4) is 12.3 Å². The molecule has 0 aromatic heterocycles. The molecule has 1 saturated heterocycles. The van der Waals surface area contributed by atoms with Crippen LogP contribution in [0.5, 0.6) is 0 Å². The first-order valence-corrected chi connectivity index (χ1v) is 5.73. The molecule has 2 heteroatoms. The Morgan fingerprint density at radius 3 is 2.71 bits per heavy atom. The maximum Gasteiger partial charge on any atom is 0.0211 e. The first-order chi connectivity index (χ1) is 6.84. The quantitative estimate of drug-likeness (QED) is 0.527. The Labute approximate surface area is 88.1 Å². The van der Waals surface area contributed by atoms with E-state index in [1.165, 1.54) is 32.4 Å². The van der Waals surface area contributed by atoms with Crippen molar-refractivity contribution in [3.05, 3.63) is 0 Å². The fourth-order valence-corrected chi connectivity index (χ4v) is 1.96. The fraction of sp³-hybridized carbons (Fsp3) is 0.833. The second-order valence-electron chi connectivity index (χ2n) is 4.10. The van der Waals surface area contributed by atoms with Crippen LogP contribution >= 0.6 is 0 Å². The van der Waals surface area contributed by atoms with Gasteiger partial charge < -0.3 is 5.32 Å². The Morgan fingerprint density at radius 2 is 2.07 bits per heavy atom. The van der Waals surface area contributed by atoms with E-state index in [4.69, 9.17) is 6.42 Å². The predicted molar refractivity (Wildman–Crippen MR) is 61.2 cm³/mol. The number of likely N-dealkylation sites (tertiary alicyclic amines) is 1. The van der Waals surface area contributed by atoms with Crippen LogP contribution in [0.1, 0.15) is 32.6 Å². The molecule has 80 valence electrons. The van der Waals surface area contributed by atoms with Crippen molar-refractivity contribution >= 4 is 0 Å². The summed E-state index contributed by atoms with van der Waals surface area (Å²) in [7, 11) is 0. The normalized spacial score (nSPS) is 20.3. The van der Waals surface area contributed by atoms with Gasteiger partial charge in [-0.2, -0.15) is 0 Å². The summed E-state index contributed by atoms with van der Waals surface area (Å²) in [6.45, 7) is 6.88. The standard InChI is InChI=1S/C12H22N2/c1-3-4-8-13-11-12(2)14-9-6-5-7-10-14/h1,12-13H,4-11H2,2H3. The molecule has 1 rings (SSSR count). The number of hydrogen-bond donors (Lipinski definition) is 1. The highest BCUT2D eigenvalue weighted by atomic mass is 15.2. The minimum absolute atomic E-state index is 0.660. The van der Waals surface area contributed by atoms with Gasteiger partial charge in [-0.15, -0.1) is 12.3 Å². The van der Waals surface area contributed by atoms with Gasteiger partial charge in [-0.25, -0.2) is 0 Å². The highest BCUT2D eigenvalue weighted by Gasteiger charge is 2.15. The third-order valence-corrected chi connectivity index (χ3v) is 2.90. The van der Waals surface area contributed by atoms with Crippen LogP contribution in [0.2, 0.25) is 0 Å². The molecule has 0 saturated carbocycles. The Balaban J connectivity index is 2.07. The molecule has 1 N–H and O–H groups in total. The van der Waals surface area contributed by atoms with Gasteiger partial charge in [0.25, 0.3) is 0 Å². The first kappa shape index (κ1) is 11.6. The van der Waals surface area contributed by atoms with Crippen molar-refractivity contribution in [2.75, 3.05) is 26.2 Å². The molecule has 1 atom stereocenters. The lowest BCUT2D eigenvalue weighted by Crippen LogP contribution is -2.43. The number of rotatable bonds is 5. The molecule has 2 nitrogen and oxygen atoms in total. The van der Waals surface area contributed by atoms with Crippen LogP contribution in [0.3, 0.4) is 0 Å². The third-order valence-electron chi connectivity index (χ3n) is 2.90. The second-order valence-corrected chi connectivity index (χ2v) is 4.10. The minimum Gasteiger partial charge on any atom is -0.314 e. The van der Waals surface area contributed by atoms with Gasteiger partial charge in [-0.1, -0.05) is 6.42 Å². The average molecular weight is 194 g/mol. The van der Waals surface area contributed by atoms with Gasteiger partial charge in [-0.3, -0.25) is 4.90 Å². The zero-order valence-corrected chi connectivity index (χ0v) is 9.26.